The number of H-pyrrole nitrogens is 1. The molecule has 5 rings (SSSR count). The van der Waals surface area contributed by atoms with Crippen molar-refractivity contribution in [1.82, 2.24) is 25.1 Å². The van der Waals surface area contributed by atoms with Crippen LogP contribution < -0.4 is 19.7 Å². The summed E-state index contributed by atoms with van der Waals surface area (Å²) in [5.41, 5.74) is 1.81. The number of rotatable bonds is 9. The van der Waals surface area contributed by atoms with E-state index in [1.54, 1.807) is 7.11 Å². The van der Waals surface area contributed by atoms with Crippen molar-refractivity contribution in [2.45, 2.75) is 32.6 Å². The van der Waals surface area contributed by atoms with Crippen LogP contribution in [0.25, 0.3) is 10.9 Å². The van der Waals surface area contributed by atoms with Gasteiger partial charge in [0.1, 0.15) is 5.82 Å². The van der Waals surface area contributed by atoms with Gasteiger partial charge in [-0.1, -0.05) is 0 Å². The van der Waals surface area contributed by atoms with Gasteiger partial charge in [0.05, 0.1) is 19.2 Å². The number of methoxy groups -OCH3 is 1. The number of aryl methyl sites for hydroxylation is 1. The van der Waals surface area contributed by atoms with Crippen LogP contribution in [0.4, 0.5) is 17.6 Å². The summed E-state index contributed by atoms with van der Waals surface area (Å²) >= 11 is 0. The summed E-state index contributed by atoms with van der Waals surface area (Å²) in [4.78, 5) is 14.3. The second-order valence-corrected chi connectivity index (χ2v) is 8.54. The van der Waals surface area contributed by atoms with Crippen LogP contribution in [0.2, 0.25) is 0 Å². The van der Waals surface area contributed by atoms with E-state index >= 15 is 0 Å². The van der Waals surface area contributed by atoms with Crippen molar-refractivity contribution in [1.29, 1.82) is 0 Å². The van der Waals surface area contributed by atoms with Gasteiger partial charge < -0.3 is 24.6 Å². The molecule has 0 spiro atoms. The highest BCUT2D eigenvalue weighted by Crippen LogP contribution is 2.36. The normalized spacial score (nSPS) is 16.4. The molecule has 3 aromatic rings. The molecule has 4 heterocycles. The summed E-state index contributed by atoms with van der Waals surface area (Å²) < 4.78 is 11.8. The smallest absolute Gasteiger partial charge is 0.227 e. The van der Waals surface area contributed by atoms with Crippen molar-refractivity contribution in [3.8, 4) is 11.5 Å². The van der Waals surface area contributed by atoms with Crippen molar-refractivity contribution < 1.29 is 9.47 Å². The zero-order valence-corrected chi connectivity index (χ0v) is 18.9. The molecule has 1 aromatic carbocycles. The van der Waals surface area contributed by atoms with Gasteiger partial charge >= 0.3 is 0 Å². The molecule has 0 radical (unpaired) electrons. The predicted octanol–water partition coefficient (Wildman–Crippen LogP) is 3.49. The number of likely N-dealkylation sites (tertiary alicyclic amines) is 1. The molecule has 170 valence electrons. The number of benzene rings is 1. The minimum atomic E-state index is 0.653. The molecule has 2 aromatic heterocycles. The van der Waals surface area contributed by atoms with Crippen LogP contribution in [-0.4, -0.2) is 71.5 Å². The molecule has 9 heteroatoms. The summed E-state index contributed by atoms with van der Waals surface area (Å²) in [7, 11) is 1.66. The molecule has 0 saturated carbocycles. The summed E-state index contributed by atoms with van der Waals surface area (Å²) in [6, 6.07) is 5.87. The van der Waals surface area contributed by atoms with Crippen molar-refractivity contribution in [3.05, 3.63) is 23.9 Å². The maximum atomic E-state index is 6.13. The fraction of sp³-hybridized carbons (Fsp3) is 0.522. The highest BCUT2D eigenvalue weighted by atomic mass is 16.5. The van der Waals surface area contributed by atoms with E-state index in [9.17, 15) is 0 Å². The van der Waals surface area contributed by atoms with Crippen molar-refractivity contribution in [2.75, 3.05) is 56.7 Å². The van der Waals surface area contributed by atoms with Crippen LogP contribution in [0.15, 0.2) is 18.2 Å². The van der Waals surface area contributed by atoms with E-state index in [-0.39, 0.29) is 0 Å². The lowest BCUT2D eigenvalue weighted by atomic mass is 10.2. The van der Waals surface area contributed by atoms with E-state index in [0.29, 0.717) is 18.2 Å². The monoisotopic (exact) mass is 437 g/mol. The van der Waals surface area contributed by atoms with Crippen LogP contribution in [0.3, 0.4) is 0 Å². The first-order valence-corrected chi connectivity index (χ1v) is 11.5. The lowest BCUT2D eigenvalue weighted by Crippen LogP contribution is -2.38. The topological polar surface area (TPSA) is 91.4 Å². The lowest BCUT2D eigenvalue weighted by Gasteiger charge is -2.31. The van der Waals surface area contributed by atoms with E-state index in [4.69, 9.17) is 19.4 Å². The van der Waals surface area contributed by atoms with Gasteiger partial charge in [-0.2, -0.15) is 10.1 Å². The third kappa shape index (κ3) is 4.43. The number of hydrogen-bond donors (Lipinski definition) is 2. The van der Waals surface area contributed by atoms with Gasteiger partial charge in [-0.05, 0) is 51.8 Å². The SMILES string of the molecule is COc1cc2c(Nc3cc(C)[nH]n3)nc(N3CCC3)nc2cc1OCCCN1CCCC1. The Morgan fingerprint density at radius 3 is 2.56 bits per heavy atom. The Bertz CT molecular complexity index is 1070. The first kappa shape index (κ1) is 20.8. The van der Waals surface area contributed by atoms with Crippen LogP contribution in [-0.2, 0) is 0 Å². The molecule has 0 atom stereocenters. The third-order valence-corrected chi connectivity index (χ3v) is 6.14. The Balaban J connectivity index is 1.42. The van der Waals surface area contributed by atoms with Crippen LogP contribution in [0.1, 0.15) is 31.4 Å². The van der Waals surface area contributed by atoms with Crippen molar-refractivity contribution in [2.24, 2.45) is 0 Å². The van der Waals surface area contributed by atoms with Crippen molar-refractivity contribution in [3.63, 3.8) is 0 Å². The maximum Gasteiger partial charge on any atom is 0.227 e. The van der Waals surface area contributed by atoms with Crippen LogP contribution >= 0.6 is 0 Å². The second kappa shape index (κ2) is 9.20. The molecule has 2 fully saturated rings. The van der Waals surface area contributed by atoms with Crippen LogP contribution in [0.5, 0.6) is 11.5 Å². The summed E-state index contributed by atoms with van der Waals surface area (Å²) in [6.45, 7) is 8.07. The van der Waals surface area contributed by atoms with Gasteiger partial charge in [-0.15, -0.1) is 0 Å². The number of ether oxygens (including phenoxy) is 2. The van der Waals surface area contributed by atoms with Gasteiger partial charge in [-0.3, -0.25) is 5.10 Å². The molecule has 2 N–H and O–H groups in total. The van der Waals surface area contributed by atoms with E-state index in [1.807, 2.05) is 25.1 Å². The van der Waals surface area contributed by atoms with Gasteiger partial charge in [0.15, 0.2) is 17.3 Å². The Kier molecular flexibility index (Phi) is 5.98. The Labute approximate surface area is 188 Å². The molecule has 0 amide bonds. The summed E-state index contributed by atoms with van der Waals surface area (Å²) in [5, 5.41) is 11.5. The average molecular weight is 438 g/mol. The minimum absolute atomic E-state index is 0.653. The fourth-order valence-electron chi connectivity index (χ4n) is 4.23. The standard InChI is InChI=1S/C23H31N7O2/c1-16-13-21(28-27-16)25-22-17-14-19(31-2)20(32-12-6-9-29-7-3-4-8-29)15-18(17)24-23(26-22)30-10-5-11-30/h13-15H,3-12H2,1-2H3,(H2,24,25,26,27,28). The Morgan fingerprint density at radius 1 is 1.03 bits per heavy atom. The first-order chi connectivity index (χ1) is 15.7. The van der Waals surface area contributed by atoms with Gasteiger partial charge in [0.25, 0.3) is 0 Å². The van der Waals surface area contributed by atoms with E-state index < -0.39 is 0 Å². The molecular weight excluding hydrogens is 406 g/mol. The minimum Gasteiger partial charge on any atom is -0.493 e. The Hall–Kier alpha value is -3.07. The molecule has 9 nitrogen and oxygen atoms in total. The molecular formula is C23H31N7O2. The van der Waals surface area contributed by atoms with Gasteiger partial charge in [-0.25, -0.2) is 4.98 Å². The number of aromatic amines is 1. The van der Waals surface area contributed by atoms with Gasteiger partial charge in [0, 0.05) is 42.8 Å². The summed E-state index contributed by atoms with van der Waals surface area (Å²) in [5.74, 6) is 3.56. The van der Waals surface area contributed by atoms with Crippen molar-refractivity contribution >= 4 is 28.5 Å². The number of aromatic nitrogens is 4. The number of nitrogens with zero attached hydrogens (tertiary/aromatic N) is 5. The summed E-state index contributed by atoms with van der Waals surface area (Å²) in [6.07, 6.45) is 4.78. The number of hydrogen-bond acceptors (Lipinski definition) is 8. The second-order valence-electron chi connectivity index (χ2n) is 8.54. The molecule has 2 saturated heterocycles. The Morgan fingerprint density at radius 2 is 1.88 bits per heavy atom. The average Bonchev–Trinajstić information content (AvgIpc) is 3.41. The predicted molar refractivity (Wildman–Crippen MR) is 125 cm³/mol. The van der Waals surface area contributed by atoms with Gasteiger partial charge in [0.2, 0.25) is 5.95 Å². The molecule has 2 aliphatic rings. The highest BCUT2D eigenvalue weighted by Gasteiger charge is 2.21. The third-order valence-electron chi connectivity index (χ3n) is 6.14. The van der Waals surface area contributed by atoms with E-state index in [0.717, 1.165) is 66.6 Å². The lowest BCUT2D eigenvalue weighted by molar-refractivity contribution is 0.254. The quantitative estimate of drug-likeness (QED) is 0.492. The zero-order chi connectivity index (χ0) is 21.9. The highest BCUT2D eigenvalue weighted by molar-refractivity contribution is 5.94. The van der Waals surface area contributed by atoms with Crippen LogP contribution in [0, 0.1) is 6.92 Å². The zero-order valence-electron chi connectivity index (χ0n) is 18.9. The number of anilines is 3. The molecule has 2 aliphatic heterocycles. The number of fused-ring (bicyclic) bond motifs is 1. The number of nitrogens with one attached hydrogen (secondary N) is 2. The fourth-order valence-corrected chi connectivity index (χ4v) is 4.23. The van der Waals surface area contributed by atoms with E-state index in [2.05, 4.69) is 25.3 Å². The molecule has 0 bridgehead atoms. The van der Waals surface area contributed by atoms with E-state index in [1.165, 1.54) is 25.9 Å². The first-order valence-electron chi connectivity index (χ1n) is 11.5. The maximum absolute atomic E-state index is 6.13. The molecule has 0 unspecified atom stereocenters. The largest absolute Gasteiger partial charge is 0.493 e. The molecule has 32 heavy (non-hydrogen) atoms. The molecule has 0 aliphatic carbocycles.